The Bertz CT molecular complexity index is 727. The van der Waals surface area contributed by atoms with Crippen LogP contribution in [0.2, 0.25) is 0 Å². The Labute approximate surface area is 133 Å². The molecule has 0 fully saturated rings. The Balaban J connectivity index is 1.98. The molecule has 1 heteroatoms. The highest BCUT2D eigenvalue weighted by Gasteiger charge is 2.03. The fraction of sp³-hybridized carbons (Fsp3) is 0.0526. The van der Waals surface area contributed by atoms with Crippen LogP contribution in [0.1, 0.15) is 5.56 Å². The normalized spacial score (nSPS) is 10.5. The smallest absolute Gasteiger partial charge is 0.0208 e. The zero-order valence-corrected chi connectivity index (χ0v) is 13.5. The van der Waals surface area contributed by atoms with Crippen LogP contribution in [0, 0.1) is 10.5 Å². The lowest BCUT2D eigenvalue weighted by Crippen LogP contribution is -1.83. The second-order valence-corrected chi connectivity index (χ2v) is 6.09. The van der Waals surface area contributed by atoms with E-state index >= 15 is 0 Å². The summed E-state index contributed by atoms with van der Waals surface area (Å²) >= 11 is 2.39. The molecule has 0 aromatic heterocycles. The molecule has 0 radical (unpaired) electrons. The van der Waals surface area contributed by atoms with Gasteiger partial charge in [-0.3, -0.25) is 0 Å². The summed E-state index contributed by atoms with van der Waals surface area (Å²) < 4.78 is 1.29. The minimum absolute atomic E-state index is 1.27. The average molecular weight is 370 g/mol. The minimum Gasteiger partial charge on any atom is -0.0616 e. The third-order valence-corrected chi connectivity index (χ3v) is 4.36. The highest BCUT2D eigenvalue weighted by atomic mass is 127. The van der Waals surface area contributed by atoms with E-state index in [4.69, 9.17) is 0 Å². The van der Waals surface area contributed by atoms with Gasteiger partial charge in [0, 0.05) is 3.57 Å². The summed E-state index contributed by atoms with van der Waals surface area (Å²) in [5.74, 6) is 0. The monoisotopic (exact) mass is 370 g/mol. The van der Waals surface area contributed by atoms with Crippen molar-refractivity contribution in [1.29, 1.82) is 0 Å². The third kappa shape index (κ3) is 2.78. The number of hydrogen-bond acceptors (Lipinski definition) is 0. The predicted molar refractivity (Wildman–Crippen MR) is 94.8 cm³/mol. The van der Waals surface area contributed by atoms with Gasteiger partial charge in [0.1, 0.15) is 0 Å². The SMILES string of the molecule is Cc1cccc(-c2ccc(-c3ccccc3I)cc2)c1. The molecule has 0 aliphatic carbocycles. The van der Waals surface area contributed by atoms with Gasteiger partial charge in [-0.05, 0) is 57.8 Å². The first-order valence-corrected chi connectivity index (χ1v) is 7.74. The van der Waals surface area contributed by atoms with E-state index < -0.39 is 0 Å². The molecule has 0 heterocycles. The molecule has 98 valence electrons. The quantitative estimate of drug-likeness (QED) is 0.490. The van der Waals surface area contributed by atoms with Crippen molar-refractivity contribution in [2.24, 2.45) is 0 Å². The van der Waals surface area contributed by atoms with Gasteiger partial charge in [0.15, 0.2) is 0 Å². The average Bonchev–Trinajstić information content (AvgIpc) is 2.48. The molecule has 0 bridgehead atoms. The van der Waals surface area contributed by atoms with E-state index in [1.54, 1.807) is 0 Å². The molecule has 0 saturated heterocycles. The van der Waals surface area contributed by atoms with Crippen LogP contribution in [-0.4, -0.2) is 0 Å². The van der Waals surface area contributed by atoms with E-state index in [0.29, 0.717) is 0 Å². The zero-order chi connectivity index (χ0) is 13.9. The van der Waals surface area contributed by atoms with Gasteiger partial charge in [0.05, 0.1) is 0 Å². The lowest BCUT2D eigenvalue weighted by atomic mass is 9.99. The Morgan fingerprint density at radius 1 is 0.650 bits per heavy atom. The number of aryl methyl sites for hydroxylation is 1. The lowest BCUT2D eigenvalue weighted by Gasteiger charge is -2.07. The molecule has 0 amide bonds. The lowest BCUT2D eigenvalue weighted by molar-refractivity contribution is 1.47. The maximum Gasteiger partial charge on any atom is 0.0208 e. The van der Waals surface area contributed by atoms with Crippen LogP contribution in [0.5, 0.6) is 0 Å². The van der Waals surface area contributed by atoms with Gasteiger partial charge in [-0.25, -0.2) is 0 Å². The van der Waals surface area contributed by atoms with Crippen molar-refractivity contribution < 1.29 is 0 Å². The number of rotatable bonds is 2. The molecule has 0 nitrogen and oxygen atoms in total. The van der Waals surface area contributed by atoms with Crippen molar-refractivity contribution in [3.05, 3.63) is 81.9 Å². The first-order valence-electron chi connectivity index (χ1n) is 6.66. The molecule has 0 unspecified atom stereocenters. The van der Waals surface area contributed by atoms with Gasteiger partial charge in [-0.1, -0.05) is 72.3 Å². The van der Waals surface area contributed by atoms with Crippen LogP contribution in [0.25, 0.3) is 22.3 Å². The Morgan fingerprint density at radius 3 is 2.05 bits per heavy atom. The molecule has 0 saturated carbocycles. The summed E-state index contributed by atoms with van der Waals surface area (Å²) in [5.41, 5.74) is 6.40. The van der Waals surface area contributed by atoms with E-state index in [2.05, 4.69) is 102 Å². The molecule has 0 aliphatic heterocycles. The molecular formula is C19H15I. The topological polar surface area (TPSA) is 0 Å². The van der Waals surface area contributed by atoms with Gasteiger partial charge in [-0.2, -0.15) is 0 Å². The van der Waals surface area contributed by atoms with Crippen molar-refractivity contribution in [2.75, 3.05) is 0 Å². The maximum atomic E-state index is 2.39. The summed E-state index contributed by atoms with van der Waals surface area (Å²) in [6, 6.07) is 25.9. The molecule has 3 rings (SSSR count). The highest BCUT2D eigenvalue weighted by molar-refractivity contribution is 14.1. The number of benzene rings is 3. The second kappa shape index (κ2) is 5.80. The molecule has 0 atom stereocenters. The Kier molecular flexibility index (Phi) is 3.88. The first-order chi connectivity index (χ1) is 9.74. The summed E-state index contributed by atoms with van der Waals surface area (Å²) in [6.07, 6.45) is 0. The largest absolute Gasteiger partial charge is 0.0616 e. The van der Waals surface area contributed by atoms with Crippen LogP contribution in [0.3, 0.4) is 0 Å². The van der Waals surface area contributed by atoms with Gasteiger partial charge >= 0.3 is 0 Å². The second-order valence-electron chi connectivity index (χ2n) is 4.93. The van der Waals surface area contributed by atoms with Crippen LogP contribution < -0.4 is 0 Å². The predicted octanol–water partition coefficient (Wildman–Crippen LogP) is 5.93. The van der Waals surface area contributed by atoms with E-state index in [1.807, 2.05) is 0 Å². The van der Waals surface area contributed by atoms with Gasteiger partial charge < -0.3 is 0 Å². The van der Waals surface area contributed by atoms with Crippen LogP contribution in [-0.2, 0) is 0 Å². The maximum absolute atomic E-state index is 2.39. The highest BCUT2D eigenvalue weighted by Crippen LogP contribution is 2.28. The molecule has 20 heavy (non-hydrogen) atoms. The Hall–Kier alpha value is -1.61. The Morgan fingerprint density at radius 2 is 1.35 bits per heavy atom. The molecule has 0 spiro atoms. The third-order valence-electron chi connectivity index (χ3n) is 3.42. The van der Waals surface area contributed by atoms with Crippen molar-refractivity contribution in [3.8, 4) is 22.3 Å². The van der Waals surface area contributed by atoms with E-state index in [1.165, 1.54) is 31.4 Å². The number of halogens is 1. The van der Waals surface area contributed by atoms with E-state index in [0.717, 1.165) is 0 Å². The first kappa shape index (κ1) is 13.4. The molecule has 0 aliphatic rings. The van der Waals surface area contributed by atoms with Gasteiger partial charge in [0.25, 0.3) is 0 Å². The molecule has 0 N–H and O–H groups in total. The van der Waals surface area contributed by atoms with Crippen LogP contribution in [0.15, 0.2) is 72.8 Å². The van der Waals surface area contributed by atoms with Gasteiger partial charge in [0.2, 0.25) is 0 Å². The molecule has 3 aromatic rings. The fourth-order valence-electron chi connectivity index (χ4n) is 2.36. The van der Waals surface area contributed by atoms with Crippen LogP contribution >= 0.6 is 22.6 Å². The van der Waals surface area contributed by atoms with Crippen molar-refractivity contribution in [2.45, 2.75) is 6.92 Å². The van der Waals surface area contributed by atoms with Crippen molar-refractivity contribution in [3.63, 3.8) is 0 Å². The molecular weight excluding hydrogens is 355 g/mol. The summed E-state index contributed by atoms with van der Waals surface area (Å²) in [5, 5.41) is 0. The number of hydrogen-bond donors (Lipinski definition) is 0. The minimum atomic E-state index is 1.27. The summed E-state index contributed by atoms with van der Waals surface area (Å²) in [4.78, 5) is 0. The summed E-state index contributed by atoms with van der Waals surface area (Å²) in [7, 11) is 0. The summed E-state index contributed by atoms with van der Waals surface area (Å²) in [6.45, 7) is 2.13. The molecule has 3 aromatic carbocycles. The van der Waals surface area contributed by atoms with E-state index in [9.17, 15) is 0 Å². The van der Waals surface area contributed by atoms with Gasteiger partial charge in [-0.15, -0.1) is 0 Å². The fourth-order valence-corrected chi connectivity index (χ4v) is 3.06. The van der Waals surface area contributed by atoms with Crippen molar-refractivity contribution >= 4 is 22.6 Å². The zero-order valence-electron chi connectivity index (χ0n) is 11.3. The van der Waals surface area contributed by atoms with Crippen LogP contribution in [0.4, 0.5) is 0 Å². The van der Waals surface area contributed by atoms with Crippen molar-refractivity contribution in [1.82, 2.24) is 0 Å². The standard InChI is InChI=1S/C19H15I/c1-14-5-4-6-17(13-14)15-9-11-16(12-10-15)18-7-2-3-8-19(18)20/h2-13H,1H3. The van der Waals surface area contributed by atoms with E-state index in [-0.39, 0.29) is 0 Å².